The van der Waals surface area contributed by atoms with Gasteiger partial charge in [0.15, 0.2) is 0 Å². The first kappa shape index (κ1) is 14.9. The lowest BCUT2D eigenvalue weighted by molar-refractivity contribution is 0.0680. The summed E-state index contributed by atoms with van der Waals surface area (Å²) in [4.78, 5) is 14.5. The summed E-state index contributed by atoms with van der Waals surface area (Å²) in [6, 6.07) is 6.06. The Balaban J connectivity index is 2.14. The van der Waals surface area contributed by atoms with Crippen LogP contribution in [0.4, 0.5) is 5.69 Å². The van der Waals surface area contributed by atoms with Gasteiger partial charge in [-0.05, 0) is 56.2 Å². The van der Waals surface area contributed by atoms with Crippen LogP contribution in [0.15, 0.2) is 18.2 Å². The maximum Gasteiger partial charge on any atom is 0.255 e. The standard InChI is InChI=1S/C16H25N3O/c1-11-4-7-13(8-5-11)19(3)16(20)14-9-6-12(2)10-15(14)18-17/h6,9-11,13,18H,4-5,7-8,17H2,1-3H3. The monoisotopic (exact) mass is 275 g/mol. The minimum absolute atomic E-state index is 0.0532. The Morgan fingerprint density at radius 3 is 2.55 bits per heavy atom. The maximum absolute atomic E-state index is 12.6. The van der Waals surface area contributed by atoms with E-state index in [1.54, 1.807) is 0 Å². The van der Waals surface area contributed by atoms with Crippen LogP contribution in [0.25, 0.3) is 0 Å². The van der Waals surface area contributed by atoms with Crippen molar-refractivity contribution in [3.8, 4) is 0 Å². The highest BCUT2D eigenvalue weighted by atomic mass is 16.2. The summed E-state index contributed by atoms with van der Waals surface area (Å²) in [6.45, 7) is 4.27. The predicted octanol–water partition coefficient (Wildman–Crippen LogP) is 2.93. The molecule has 4 nitrogen and oxygen atoms in total. The zero-order valence-corrected chi connectivity index (χ0v) is 12.6. The van der Waals surface area contributed by atoms with Crippen molar-refractivity contribution in [2.45, 2.75) is 45.6 Å². The molecular formula is C16H25N3O. The van der Waals surface area contributed by atoms with Crippen molar-refractivity contribution >= 4 is 11.6 Å². The number of nitrogens with zero attached hydrogens (tertiary/aromatic N) is 1. The average Bonchev–Trinajstić information content (AvgIpc) is 2.46. The second-order valence-corrected chi connectivity index (χ2v) is 6.02. The van der Waals surface area contributed by atoms with Crippen LogP contribution in [0.5, 0.6) is 0 Å². The molecule has 1 aromatic rings. The van der Waals surface area contributed by atoms with E-state index < -0.39 is 0 Å². The van der Waals surface area contributed by atoms with E-state index in [9.17, 15) is 4.79 Å². The number of amides is 1. The van der Waals surface area contributed by atoms with Gasteiger partial charge in [-0.3, -0.25) is 10.6 Å². The molecule has 0 aromatic heterocycles. The van der Waals surface area contributed by atoms with E-state index >= 15 is 0 Å². The van der Waals surface area contributed by atoms with Crippen LogP contribution in [0.1, 0.15) is 48.5 Å². The number of benzene rings is 1. The Bertz CT molecular complexity index is 479. The fraction of sp³-hybridized carbons (Fsp3) is 0.562. The molecule has 1 saturated carbocycles. The molecule has 1 fully saturated rings. The first-order chi connectivity index (χ1) is 9.52. The highest BCUT2D eigenvalue weighted by molar-refractivity contribution is 5.99. The van der Waals surface area contributed by atoms with Crippen molar-refractivity contribution in [3.05, 3.63) is 29.3 Å². The summed E-state index contributed by atoms with van der Waals surface area (Å²) in [5.41, 5.74) is 5.07. The number of rotatable bonds is 3. The molecule has 20 heavy (non-hydrogen) atoms. The minimum atomic E-state index is 0.0532. The number of nitrogen functional groups attached to an aromatic ring is 1. The van der Waals surface area contributed by atoms with Crippen LogP contribution < -0.4 is 11.3 Å². The van der Waals surface area contributed by atoms with Crippen molar-refractivity contribution in [2.24, 2.45) is 11.8 Å². The maximum atomic E-state index is 12.6. The van der Waals surface area contributed by atoms with Crippen molar-refractivity contribution in [3.63, 3.8) is 0 Å². The van der Waals surface area contributed by atoms with Gasteiger partial charge >= 0.3 is 0 Å². The first-order valence-corrected chi connectivity index (χ1v) is 7.37. The highest BCUT2D eigenvalue weighted by Gasteiger charge is 2.26. The topological polar surface area (TPSA) is 58.4 Å². The van der Waals surface area contributed by atoms with E-state index in [2.05, 4.69) is 12.3 Å². The smallest absolute Gasteiger partial charge is 0.255 e. The zero-order chi connectivity index (χ0) is 14.7. The van der Waals surface area contributed by atoms with Crippen LogP contribution in [-0.2, 0) is 0 Å². The summed E-state index contributed by atoms with van der Waals surface area (Å²) < 4.78 is 0. The molecule has 1 amide bonds. The normalized spacial score (nSPS) is 22.4. The summed E-state index contributed by atoms with van der Waals surface area (Å²) in [6.07, 6.45) is 4.61. The molecule has 1 aliphatic rings. The van der Waals surface area contributed by atoms with Crippen LogP contribution in [-0.4, -0.2) is 23.9 Å². The van der Waals surface area contributed by atoms with Gasteiger partial charge in [0, 0.05) is 13.1 Å². The van der Waals surface area contributed by atoms with Crippen molar-refractivity contribution in [1.29, 1.82) is 0 Å². The van der Waals surface area contributed by atoms with Crippen LogP contribution >= 0.6 is 0 Å². The van der Waals surface area contributed by atoms with Gasteiger partial charge in [0.2, 0.25) is 0 Å². The third-order valence-corrected chi connectivity index (χ3v) is 4.41. The van der Waals surface area contributed by atoms with E-state index in [1.807, 2.05) is 37.1 Å². The SMILES string of the molecule is Cc1ccc(C(=O)N(C)C2CCC(C)CC2)c(NN)c1. The van der Waals surface area contributed by atoms with Crippen molar-refractivity contribution in [1.82, 2.24) is 4.90 Å². The first-order valence-electron chi connectivity index (χ1n) is 7.37. The van der Waals surface area contributed by atoms with Crippen LogP contribution in [0.3, 0.4) is 0 Å². The number of hydrogen-bond donors (Lipinski definition) is 2. The largest absolute Gasteiger partial charge is 0.339 e. The van der Waals surface area contributed by atoms with Crippen molar-refractivity contribution in [2.75, 3.05) is 12.5 Å². The minimum Gasteiger partial charge on any atom is -0.339 e. The van der Waals surface area contributed by atoms with Gasteiger partial charge in [-0.15, -0.1) is 0 Å². The average molecular weight is 275 g/mol. The molecule has 1 aliphatic carbocycles. The predicted molar refractivity (Wildman–Crippen MR) is 82.5 cm³/mol. The van der Waals surface area contributed by atoms with E-state index in [4.69, 9.17) is 5.84 Å². The summed E-state index contributed by atoms with van der Waals surface area (Å²) in [5.74, 6) is 6.37. The number of aryl methyl sites for hydroxylation is 1. The number of hydrazine groups is 1. The third-order valence-electron chi connectivity index (χ3n) is 4.41. The lowest BCUT2D eigenvalue weighted by Crippen LogP contribution is -2.39. The Hall–Kier alpha value is -1.55. The molecule has 0 aliphatic heterocycles. The molecule has 2 rings (SSSR count). The number of carbonyl (C=O) groups is 1. The lowest BCUT2D eigenvalue weighted by Gasteiger charge is -2.34. The van der Waals surface area contributed by atoms with Crippen LogP contribution in [0, 0.1) is 12.8 Å². The Morgan fingerprint density at radius 1 is 1.30 bits per heavy atom. The van der Waals surface area contributed by atoms with Gasteiger partial charge in [-0.2, -0.15) is 0 Å². The summed E-state index contributed by atoms with van der Waals surface area (Å²) >= 11 is 0. The Morgan fingerprint density at radius 2 is 1.95 bits per heavy atom. The number of nitrogens with one attached hydrogen (secondary N) is 1. The summed E-state index contributed by atoms with van der Waals surface area (Å²) in [7, 11) is 1.91. The number of carbonyl (C=O) groups excluding carboxylic acids is 1. The molecule has 3 N–H and O–H groups in total. The number of hydrogen-bond acceptors (Lipinski definition) is 3. The molecule has 0 saturated heterocycles. The quantitative estimate of drug-likeness (QED) is 0.658. The zero-order valence-electron chi connectivity index (χ0n) is 12.6. The molecular weight excluding hydrogens is 250 g/mol. The molecule has 0 spiro atoms. The van der Waals surface area contributed by atoms with Gasteiger partial charge in [-0.1, -0.05) is 13.0 Å². The van der Waals surface area contributed by atoms with E-state index in [-0.39, 0.29) is 5.91 Å². The van der Waals surface area contributed by atoms with E-state index in [0.29, 0.717) is 17.3 Å². The number of nitrogens with two attached hydrogens (primary N) is 1. The fourth-order valence-electron chi connectivity index (χ4n) is 2.95. The number of anilines is 1. The molecule has 110 valence electrons. The summed E-state index contributed by atoms with van der Waals surface area (Å²) in [5, 5.41) is 0. The van der Waals surface area contributed by atoms with Gasteiger partial charge in [0.1, 0.15) is 0 Å². The molecule has 4 heteroatoms. The van der Waals surface area contributed by atoms with E-state index in [0.717, 1.165) is 24.3 Å². The van der Waals surface area contributed by atoms with Gasteiger partial charge < -0.3 is 10.3 Å². The van der Waals surface area contributed by atoms with Crippen molar-refractivity contribution < 1.29 is 4.79 Å². The fourth-order valence-corrected chi connectivity index (χ4v) is 2.95. The van der Waals surface area contributed by atoms with Gasteiger partial charge in [0.05, 0.1) is 11.3 Å². The highest BCUT2D eigenvalue weighted by Crippen LogP contribution is 2.28. The Kier molecular flexibility index (Phi) is 4.65. The van der Waals surface area contributed by atoms with E-state index in [1.165, 1.54) is 12.8 Å². The molecule has 1 aromatic carbocycles. The molecule has 0 unspecified atom stereocenters. The molecule has 0 radical (unpaired) electrons. The van der Waals surface area contributed by atoms with Gasteiger partial charge in [0.25, 0.3) is 5.91 Å². The Labute approximate surface area is 121 Å². The second kappa shape index (κ2) is 6.27. The molecule has 0 atom stereocenters. The third kappa shape index (κ3) is 3.12. The van der Waals surface area contributed by atoms with Gasteiger partial charge in [-0.25, -0.2) is 0 Å². The lowest BCUT2D eigenvalue weighted by atomic mass is 9.86. The molecule has 0 heterocycles. The molecule has 0 bridgehead atoms. The second-order valence-electron chi connectivity index (χ2n) is 6.02. The van der Waals surface area contributed by atoms with Crippen LogP contribution in [0.2, 0.25) is 0 Å².